The van der Waals surface area contributed by atoms with Crippen LogP contribution in [-0.4, -0.2) is 5.78 Å². The number of hydrogen-bond acceptors (Lipinski definition) is 1. The van der Waals surface area contributed by atoms with Crippen LogP contribution in [0.4, 0.5) is 4.39 Å². The Morgan fingerprint density at radius 2 is 1.84 bits per heavy atom. The highest BCUT2D eigenvalue weighted by molar-refractivity contribution is 5.96. The molecule has 0 amide bonds. The minimum atomic E-state index is -0.229. The molecule has 1 nitrogen and oxygen atoms in total. The molecule has 0 spiro atoms. The van der Waals surface area contributed by atoms with Gasteiger partial charge in [-0.2, -0.15) is 0 Å². The van der Waals surface area contributed by atoms with E-state index in [1.165, 1.54) is 12.1 Å². The maximum atomic E-state index is 12.8. The molecule has 1 aromatic rings. The molecule has 0 aromatic heterocycles. The number of fused-ring (bicyclic) bond motifs is 1. The number of halogens is 1. The second kappa shape index (κ2) is 4.16. The first kappa shape index (κ1) is 12.3. The molecule has 3 aliphatic rings. The highest BCUT2D eigenvalue weighted by Gasteiger charge is 2.54. The van der Waals surface area contributed by atoms with Crippen molar-refractivity contribution in [3.63, 3.8) is 0 Å². The molecule has 1 fully saturated rings. The molecule has 98 valence electrons. The van der Waals surface area contributed by atoms with E-state index < -0.39 is 0 Å². The molecule has 2 bridgehead atoms. The van der Waals surface area contributed by atoms with Crippen LogP contribution in [0.3, 0.4) is 0 Å². The standard InChI is InChI=1S/C17H17FO/c1-17(2)14-10-15(17)16(19)9-12(14)6-3-11-4-7-13(18)8-5-11/h3-9,14-15H,10H2,1-2H3/t14?,15-/m0/s1. The predicted molar refractivity (Wildman–Crippen MR) is 73.9 cm³/mol. The molecule has 0 radical (unpaired) electrons. The van der Waals surface area contributed by atoms with E-state index in [9.17, 15) is 9.18 Å². The zero-order valence-electron chi connectivity index (χ0n) is 11.2. The average molecular weight is 256 g/mol. The van der Waals surface area contributed by atoms with Crippen molar-refractivity contribution in [1.29, 1.82) is 0 Å². The summed E-state index contributed by atoms with van der Waals surface area (Å²) in [4.78, 5) is 12.0. The molecule has 0 heterocycles. The van der Waals surface area contributed by atoms with Gasteiger partial charge in [0.15, 0.2) is 5.78 Å². The summed E-state index contributed by atoms with van der Waals surface area (Å²) >= 11 is 0. The van der Waals surface area contributed by atoms with Gasteiger partial charge in [0.05, 0.1) is 0 Å². The van der Waals surface area contributed by atoms with Gasteiger partial charge in [0.25, 0.3) is 0 Å². The number of benzene rings is 1. The predicted octanol–water partition coefficient (Wildman–Crippen LogP) is 4.01. The van der Waals surface area contributed by atoms with E-state index in [2.05, 4.69) is 13.8 Å². The summed E-state index contributed by atoms with van der Waals surface area (Å²) in [6.07, 6.45) is 6.72. The van der Waals surface area contributed by atoms with Crippen LogP contribution in [-0.2, 0) is 4.79 Å². The highest BCUT2D eigenvalue weighted by atomic mass is 19.1. The van der Waals surface area contributed by atoms with Gasteiger partial charge < -0.3 is 0 Å². The first-order chi connectivity index (χ1) is 8.98. The fourth-order valence-electron chi connectivity index (χ4n) is 3.27. The summed E-state index contributed by atoms with van der Waals surface area (Å²) in [6.45, 7) is 4.34. The molecule has 2 heteroatoms. The molecule has 1 saturated carbocycles. The SMILES string of the molecule is CC1(C)C2C[C@H]1C(=O)C=C2C=Cc1ccc(F)cc1. The van der Waals surface area contributed by atoms with E-state index in [0.717, 1.165) is 17.6 Å². The molecular weight excluding hydrogens is 239 g/mol. The Balaban J connectivity index is 1.84. The van der Waals surface area contributed by atoms with Gasteiger partial charge in [-0.3, -0.25) is 4.79 Å². The Bertz CT molecular complexity index is 578. The van der Waals surface area contributed by atoms with Gasteiger partial charge >= 0.3 is 0 Å². The maximum absolute atomic E-state index is 12.8. The lowest BCUT2D eigenvalue weighted by Crippen LogP contribution is -2.52. The van der Waals surface area contributed by atoms with E-state index in [0.29, 0.717) is 5.92 Å². The van der Waals surface area contributed by atoms with Crippen molar-refractivity contribution in [2.24, 2.45) is 17.3 Å². The molecule has 4 rings (SSSR count). The van der Waals surface area contributed by atoms with Gasteiger partial charge in [-0.05, 0) is 47.1 Å². The minimum absolute atomic E-state index is 0.0916. The van der Waals surface area contributed by atoms with Crippen molar-refractivity contribution in [2.75, 3.05) is 0 Å². The quantitative estimate of drug-likeness (QED) is 0.781. The smallest absolute Gasteiger partial charge is 0.159 e. The number of hydrogen-bond donors (Lipinski definition) is 0. The third-order valence-electron chi connectivity index (χ3n) is 4.66. The Morgan fingerprint density at radius 1 is 1.16 bits per heavy atom. The van der Waals surface area contributed by atoms with Gasteiger partial charge in [-0.25, -0.2) is 4.39 Å². The van der Waals surface area contributed by atoms with Crippen molar-refractivity contribution >= 4 is 11.9 Å². The number of carbonyl (C=O) groups excluding carboxylic acids is 1. The summed E-state index contributed by atoms with van der Waals surface area (Å²) in [5, 5.41) is 0. The van der Waals surface area contributed by atoms with Crippen LogP contribution in [0.25, 0.3) is 6.08 Å². The number of rotatable bonds is 2. The van der Waals surface area contributed by atoms with Crippen molar-refractivity contribution in [3.8, 4) is 0 Å². The molecule has 0 N–H and O–H groups in total. The van der Waals surface area contributed by atoms with Gasteiger partial charge in [-0.15, -0.1) is 0 Å². The molecule has 0 saturated heterocycles. The fourth-order valence-corrected chi connectivity index (χ4v) is 3.27. The van der Waals surface area contributed by atoms with Crippen LogP contribution in [0.15, 0.2) is 42.0 Å². The second-order valence-corrected chi connectivity index (χ2v) is 6.09. The first-order valence-corrected chi connectivity index (χ1v) is 6.67. The molecule has 1 aromatic carbocycles. The lowest BCUT2D eigenvalue weighted by molar-refractivity contribution is -0.133. The van der Waals surface area contributed by atoms with Gasteiger partial charge in [-0.1, -0.05) is 38.1 Å². The van der Waals surface area contributed by atoms with Crippen LogP contribution in [0.5, 0.6) is 0 Å². The van der Waals surface area contributed by atoms with Crippen LogP contribution >= 0.6 is 0 Å². The van der Waals surface area contributed by atoms with E-state index in [-0.39, 0.29) is 22.9 Å². The van der Waals surface area contributed by atoms with Gasteiger partial charge in [0.2, 0.25) is 0 Å². The molecule has 2 atom stereocenters. The summed E-state index contributed by atoms with van der Waals surface area (Å²) in [5.74, 6) is 0.714. The summed E-state index contributed by atoms with van der Waals surface area (Å²) in [6, 6.07) is 6.38. The third-order valence-corrected chi connectivity index (χ3v) is 4.66. The normalized spacial score (nSPS) is 28.2. The zero-order valence-corrected chi connectivity index (χ0v) is 11.2. The van der Waals surface area contributed by atoms with Crippen LogP contribution < -0.4 is 0 Å². The topological polar surface area (TPSA) is 17.1 Å². The molecule has 0 aliphatic heterocycles. The zero-order chi connectivity index (χ0) is 13.6. The molecule has 3 aliphatic carbocycles. The van der Waals surface area contributed by atoms with Crippen LogP contribution in [0.1, 0.15) is 25.8 Å². The summed E-state index contributed by atoms with van der Waals surface area (Å²) in [7, 11) is 0. The van der Waals surface area contributed by atoms with Crippen LogP contribution in [0.2, 0.25) is 0 Å². The fraction of sp³-hybridized carbons (Fsp3) is 0.353. The average Bonchev–Trinajstić information content (AvgIpc) is 2.37. The minimum Gasteiger partial charge on any atom is -0.295 e. The van der Waals surface area contributed by atoms with Crippen LogP contribution in [0, 0.1) is 23.1 Å². The molecule has 19 heavy (non-hydrogen) atoms. The van der Waals surface area contributed by atoms with E-state index in [1.54, 1.807) is 18.2 Å². The number of carbonyl (C=O) groups is 1. The second-order valence-electron chi connectivity index (χ2n) is 6.09. The van der Waals surface area contributed by atoms with Gasteiger partial charge in [0, 0.05) is 5.92 Å². The van der Waals surface area contributed by atoms with Crippen molar-refractivity contribution in [1.82, 2.24) is 0 Å². The van der Waals surface area contributed by atoms with E-state index >= 15 is 0 Å². The number of ketones is 1. The number of allylic oxidation sites excluding steroid dienone is 3. The van der Waals surface area contributed by atoms with Crippen molar-refractivity contribution in [3.05, 3.63) is 53.4 Å². The van der Waals surface area contributed by atoms with Crippen molar-refractivity contribution in [2.45, 2.75) is 20.3 Å². The first-order valence-electron chi connectivity index (χ1n) is 6.67. The molecular formula is C17H17FO. The Morgan fingerprint density at radius 3 is 2.42 bits per heavy atom. The van der Waals surface area contributed by atoms with Crippen molar-refractivity contribution < 1.29 is 9.18 Å². The van der Waals surface area contributed by atoms with Gasteiger partial charge in [0.1, 0.15) is 5.82 Å². The lowest BCUT2D eigenvalue weighted by atomic mass is 9.48. The summed E-state index contributed by atoms with van der Waals surface area (Å²) in [5.41, 5.74) is 2.16. The summed E-state index contributed by atoms with van der Waals surface area (Å²) < 4.78 is 12.8. The maximum Gasteiger partial charge on any atom is 0.159 e. The molecule has 1 unspecified atom stereocenters. The Kier molecular flexibility index (Phi) is 2.70. The monoisotopic (exact) mass is 256 g/mol. The van der Waals surface area contributed by atoms with E-state index in [1.807, 2.05) is 12.2 Å². The third kappa shape index (κ3) is 1.95. The highest BCUT2D eigenvalue weighted by Crippen LogP contribution is 2.58. The van der Waals surface area contributed by atoms with E-state index in [4.69, 9.17) is 0 Å². The lowest BCUT2D eigenvalue weighted by Gasteiger charge is -2.54. The largest absolute Gasteiger partial charge is 0.295 e. The Hall–Kier alpha value is -1.70. The Labute approximate surface area is 112 Å².